The maximum atomic E-state index is 10.8. The molecule has 0 radical (unpaired) electrons. The van der Waals surface area contributed by atoms with E-state index in [2.05, 4.69) is 0 Å². The van der Waals surface area contributed by atoms with Crippen molar-refractivity contribution in [3.05, 3.63) is 78.4 Å². The molecule has 130 valence electrons. The molecular formula is C18H16O6S. The average molecular weight is 360 g/mol. The Hall–Kier alpha value is -2.74. The van der Waals surface area contributed by atoms with Gasteiger partial charge in [0.25, 0.3) is 10.1 Å². The quantitative estimate of drug-likeness (QED) is 0.619. The Morgan fingerprint density at radius 2 is 1.40 bits per heavy atom. The zero-order chi connectivity index (χ0) is 18.4. The highest BCUT2D eigenvalue weighted by Crippen LogP contribution is 2.18. The predicted molar refractivity (Wildman–Crippen MR) is 92.8 cm³/mol. The van der Waals surface area contributed by atoms with Crippen molar-refractivity contribution >= 4 is 26.9 Å². The number of aliphatic carboxylic acids is 1. The molecule has 0 fully saturated rings. The molecule has 0 heterocycles. The lowest BCUT2D eigenvalue weighted by Gasteiger charge is -2.03. The zero-order valence-electron chi connectivity index (χ0n) is 13.0. The van der Waals surface area contributed by atoms with E-state index in [9.17, 15) is 13.2 Å². The van der Waals surface area contributed by atoms with Gasteiger partial charge in [0.05, 0.1) is 4.90 Å². The van der Waals surface area contributed by atoms with Crippen molar-refractivity contribution in [2.75, 3.05) is 0 Å². The molecule has 0 aliphatic heterocycles. The number of fused-ring (bicyclic) bond motifs is 1. The van der Waals surface area contributed by atoms with Gasteiger partial charge in [-0.3, -0.25) is 4.55 Å². The van der Waals surface area contributed by atoms with Crippen LogP contribution < -0.4 is 0 Å². The molecule has 1 unspecified atom stereocenters. The third-order valence-electron chi connectivity index (χ3n) is 3.37. The van der Waals surface area contributed by atoms with Crippen LogP contribution in [-0.4, -0.2) is 29.2 Å². The van der Waals surface area contributed by atoms with Crippen molar-refractivity contribution in [1.82, 2.24) is 0 Å². The summed E-state index contributed by atoms with van der Waals surface area (Å²) in [5.41, 5.74) is 0.403. The molecule has 7 heteroatoms. The third kappa shape index (κ3) is 5.12. The second kappa shape index (κ2) is 7.89. The summed E-state index contributed by atoms with van der Waals surface area (Å²) in [4.78, 5) is 10.2. The summed E-state index contributed by atoms with van der Waals surface area (Å²) in [5, 5.41) is 19.1. The first-order chi connectivity index (χ1) is 11.8. The molecule has 0 bridgehead atoms. The average Bonchev–Trinajstić information content (AvgIpc) is 2.61. The van der Waals surface area contributed by atoms with Crippen LogP contribution in [0.2, 0.25) is 0 Å². The van der Waals surface area contributed by atoms with Gasteiger partial charge in [-0.1, -0.05) is 60.7 Å². The van der Waals surface area contributed by atoms with Crippen LogP contribution in [0.3, 0.4) is 0 Å². The Morgan fingerprint density at radius 1 is 0.840 bits per heavy atom. The van der Waals surface area contributed by atoms with Crippen LogP contribution >= 0.6 is 0 Å². The van der Waals surface area contributed by atoms with E-state index < -0.39 is 22.2 Å². The van der Waals surface area contributed by atoms with Gasteiger partial charge in [-0.2, -0.15) is 8.42 Å². The van der Waals surface area contributed by atoms with Gasteiger partial charge in [0.15, 0.2) is 6.10 Å². The monoisotopic (exact) mass is 360 g/mol. The number of aliphatic hydroxyl groups is 1. The summed E-state index contributed by atoms with van der Waals surface area (Å²) in [6, 6.07) is 20.1. The fourth-order valence-corrected chi connectivity index (χ4v) is 2.62. The molecule has 1 atom stereocenters. The van der Waals surface area contributed by atoms with Crippen LogP contribution in [0.5, 0.6) is 0 Å². The standard InChI is InChI=1S/C10H8O3S.C8H8O3/c11-14(12,13)10-6-5-8-3-1-2-4-9(8)7-10;9-7(8(10)11)6-4-2-1-3-5-6/h1-7H,(H,11,12,13);1-5,7,9H,(H,10,11). The van der Waals surface area contributed by atoms with Gasteiger partial charge in [-0.05, 0) is 28.5 Å². The summed E-state index contributed by atoms with van der Waals surface area (Å²) >= 11 is 0. The van der Waals surface area contributed by atoms with E-state index >= 15 is 0 Å². The van der Waals surface area contributed by atoms with E-state index in [1.54, 1.807) is 42.5 Å². The molecule has 0 saturated carbocycles. The minimum absolute atomic E-state index is 0.0730. The van der Waals surface area contributed by atoms with E-state index in [4.69, 9.17) is 14.8 Å². The Bertz CT molecular complexity index is 967. The fourth-order valence-electron chi connectivity index (χ4n) is 2.11. The van der Waals surface area contributed by atoms with Crippen LogP contribution in [0.4, 0.5) is 0 Å². The van der Waals surface area contributed by atoms with Crippen LogP contribution in [0.15, 0.2) is 77.7 Å². The lowest BCUT2D eigenvalue weighted by molar-refractivity contribution is -0.146. The van der Waals surface area contributed by atoms with E-state index in [0.29, 0.717) is 5.56 Å². The van der Waals surface area contributed by atoms with Gasteiger partial charge < -0.3 is 10.2 Å². The molecule has 0 saturated heterocycles. The molecule has 3 aromatic carbocycles. The Labute approximate surface area is 144 Å². The van der Waals surface area contributed by atoms with Crippen molar-refractivity contribution in [1.29, 1.82) is 0 Å². The molecule has 0 aliphatic rings. The van der Waals surface area contributed by atoms with Gasteiger partial charge in [0, 0.05) is 0 Å². The van der Waals surface area contributed by atoms with Crippen LogP contribution in [-0.2, 0) is 14.9 Å². The topological polar surface area (TPSA) is 112 Å². The van der Waals surface area contributed by atoms with E-state index in [1.165, 1.54) is 12.1 Å². The summed E-state index contributed by atoms with van der Waals surface area (Å²) < 4.78 is 30.5. The molecular weight excluding hydrogens is 344 g/mol. The van der Waals surface area contributed by atoms with Crippen molar-refractivity contribution in [2.45, 2.75) is 11.0 Å². The molecule has 0 aromatic heterocycles. The molecule has 0 amide bonds. The number of hydrogen-bond acceptors (Lipinski definition) is 4. The van der Waals surface area contributed by atoms with E-state index in [0.717, 1.165) is 10.8 Å². The maximum absolute atomic E-state index is 10.8. The Balaban J connectivity index is 0.000000186. The first-order valence-corrected chi connectivity index (χ1v) is 8.65. The Kier molecular flexibility index (Phi) is 5.87. The molecule has 25 heavy (non-hydrogen) atoms. The van der Waals surface area contributed by atoms with Crippen molar-refractivity contribution in [3.63, 3.8) is 0 Å². The molecule has 0 spiro atoms. The Morgan fingerprint density at radius 3 is 1.96 bits per heavy atom. The van der Waals surface area contributed by atoms with E-state index in [-0.39, 0.29) is 4.90 Å². The van der Waals surface area contributed by atoms with Crippen LogP contribution in [0.25, 0.3) is 10.8 Å². The highest BCUT2D eigenvalue weighted by atomic mass is 32.2. The predicted octanol–water partition coefficient (Wildman–Crippen LogP) is 2.89. The number of carboxylic acid groups (broad SMARTS) is 1. The summed E-state index contributed by atoms with van der Waals surface area (Å²) in [7, 11) is -4.09. The molecule has 3 N–H and O–H groups in total. The number of carboxylic acids is 1. The summed E-state index contributed by atoms with van der Waals surface area (Å²) in [6.07, 6.45) is -1.41. The lowest BCUT2D eigenvalue weighted by Crippen LogP contribution is -2.09. The second-order valence-corrected chi connectivity index (χ2v) is 6.56. The fraction of sp³-hybridized carbons (Fsp3) is 0.0556. The number of aliphatic hydroxyl groups excluding tert-OH is 1. The third-order valence-corrected chi connectivity index (χ3v) is 4.22. The van der Waals surface area contributed by atoms with E-state index in [1.807, 2.05) is 18.2 Å². The van der Waals surface area contributed by atoms with Gasteiger partial charge in [-0.15, -0.1) is 0 Å². The highest BCUT2D eigenvalue weighted by Gasteiger charge is 2.14. The van der Waals surface area contributed by atoms with Gasteiger partial charge in [-0.25, -0.2) is 4.79 Å². The first-order valence-electron chi connectivity index (χ1n) is 7.21. The van der Waals surface area contributed by atoms with Crippen LogP contribution in [0, 0.1) is 0 Å². The summed E-state index contributed by atoms with van der Waals surface area (Å²) in [6.45, 7) is 0. The largest absolute Gasteiger partial charge is 0.479 e. The highest BCUT2D eigenvalue weighted by molar-refractivity contribution is 7.85. The molecule has 6 nitrogen and oxygen atoms in total. The van der Waals surface area contributed by atoms with Crippen molar-refractivity contribution in [2.24, 2.45) is 0 Å². The summed E-state index contributed by atoms with van der Waals surface area (Å²) in [5.74, 6) is -1.23. The number of carbonyl (C=O) groups is 1. The molecule has 3 aromatic rings. The van der Waals surface area contributed by atoms with Gasteiger partial charge >= 0.3 is 5.97 Å². The SMILES string of the molecule is O=C(O)C(O)c1ccccc1.O=S(=O)(O)c1ccc2ccccc2c1. The van der Waals surface area contributed by atoms with Gasteiger partial charge in [0.1, 0.15) is 0 Å². The van der Waals surface area contributed by atoms with Crippen molar-refractivity contribution in [3.8, 4) is 0 Å². The lowest BCUT2D eigenvalue weighted by atomic mass is 10.1. The molecule has 3 rings (SSSR count). The number of rotatable bonds is 3. The van der Waals surface area contributed by atoms with Crippen molar-refractivity contribution < 1.29 is 28.0 Å². The minimum Gasteiger partial charge on any atom is -0.479 e. The smallest absolute Gasteiger partial charge is 0.337 e. The number of benzene rings is 3. The van der Waals surface area contributed by atoms with Gasteiger partial charge in [0.2, 0.25) is 0 Å². The molecule has 0 aliphatic carbocycles. The van der Waals surface area contributed by atoms with Crippen LogP contribution in [0.1, 0.15) is 11.7 Å². The first kappa shape index (κ1) is 18.6. The number of hydrogen-bond donors (Lipinski definition) is 3. The normalized spacial score (nSPS) is 12.1. The maximum Gasteiger partial charge on any atom is 0.337 e. The second-order valence-electron chi connectivity index (χ2n) is 5.14. The minimum atomic E-state index is -4.09. The zero-order valence-corrected chi connectivity index (χ0v) is 13.8.